The van der Waals surface area contributed by atoms with Gasteiger partial charge >= 0.3 is 0 Å². The van der Waals surface area contributed by atoms with Gasteiger partial charge in [0.05, 0.1) is 10.6 Å². The summed E-state index contributed by atoms with van der Waals surface area (Å²) in [5, 5.41) is 3.21. The normalized spacial score (nSPS) is 21.2. The van der Waals surface area contributed by atoms with Crippen LogP contribution >= 0.6 is 15.9 Å². The monoisotopic (exact) mass is 303 g/mol. The maximum absolute atomic E-state index is 12.0. The smallest absolute Gasteiger partial charge is 0.179 e. The molecule has 1 aliphatic rings. The molecule has 1 aromatic carbocycles. The highest BCUT2D eigenvalue weighted by Crippen LogP contribution is 2.18. The summed E-state index contributed by atoms with van der Waals surface area (Å²) < 4.78 is 25.0. The number of benzene rings is 1. The molecular weight excluding hydrogens is 290 g/mol. The van der Waals surface area contributed by atoms with Gasteiger partial charge in [0, 0.05) is 10.5 Å². The van der Waals surface area contributed by atoms with Crippen LogP contribution < -0.4 is 5.32 Å². The molecule has 3 nitrogen and oxygen atoms in total. The molecule has 0 aromatic heterocycles. The van der Waals surface area contributed by atoms with Crippen LogP contribution in [0.15, 0.2) is 33.6 Å². The van der Waals surface area contributed by atoms with Crippen molar-refractivity contribution in [3.8, 4) is 0 Å². The Labute approximate surface area is 104 Å². The van der Waals surface area contributed by atoms with Crippen LogP contribution in [0, 0.1) is 0 Å². The molecule has 88 valence electrons. The summed E-state index contributed by atoms with van der Waals surface area (Å²) in [6.45, 7) is 0.931. The zero-order chi connectivity index (χ0) is 11.6. The van der Waals surface area contributed by atoms with Gasteiger partial charge in [-0.25, -0.2) is 8.42 Å². The molecule has 5 heteroatoms. The van der Waals surface area contributed by atoms with Crippen LogP contribution in [0.3, 0.4) is 0 Å². The van der Waals surface area contributed by atoms with E-state index in [1.807, 2.05) is 0 Å². The maximum Gasteiger partial charge on any atom is 0.179 e. The Morgan fingerprint density at radius 3 is 2.56 bits per heavy atom. The number of hydrogen-bond donors (Lipinski definition) is 1. The van der Waals surface area contributed by atoms with Gasteiger partial charge in [-0.3, -0.25) is 0 Å². The Bertz CT molecular complexity index is 449. The molecule has 1 heterocycles. The van der Waals surface area contributed by atoms with E-state index in [2.05, 4.69) is 21.2 Å². The van der Waals surface area contributed by atoms with E-state index in [-0.39, 0.29) is 11.8 Å². The number of sulfone groups is 1. The molecule has 16 heavy (non-hydrogen) atoms. The highest BCUT2D eigenvalue weighted by Gasteiger charge is 2.23. The maximum atomic E-state index is 12.0. The summed E-state index contributed by atoms with van der Waals surface area (Å²) in [7, 11) is -3.14. The van der Waals surface area contributed by atoms with Gasteiger partial charge in [-0.15, -0.1) is 0 Å². The molecule has 0 bridgehead atoms. The van der Waals surface area contributed by atoms with E-state index in [1.165, 1.54) is 0 Å². The van der Waals surface area contributed by atoms with Crippen molar-refractivity contribution in [2.75, 3.05) is 12.3 Å². The summed E-state index contributed by atoms with van der Waals surface area (Å²) in [6, 6.07) is 6.93. The lowest BCUT2D eigenvalue weighted by Gasteiger charge is -2.10. The largest absolute Gasteiger partial charge is 0.313 e. The van der Waals surface area contributed by atoms with Gasteiger partial charge in [0.25, 0.3) is 0 Å². The van der Waals surface area contributed by atoms with Crippen molar-refractivity contribution in [3.05, 3.63) is 28.7 Å². The average Bonchev–Trinajstić information content (AvgIpc) is 2.70. The number of rotatable bonds is 3. The molecule has 2 rings (SSSR count). The Kier molecular flexibility index (Phi) is 3.66. The van der Waals surface area contributed by atoms with Crippen LogP contribution in [0.1, 0.15) is 12.8 Å². The van der Waals surface area contributed by atoms with Crippen molar-refractivity contribution >= 4 is 25.8 Å². The van der Waals surface area contributed by atoms with E-state index in [4.69, 9.17) is 0 Å². The molecule has 0 unspecified atom stereocenters. The Morgan fingerprint density at radius 2 is 2.00 bits per heavy atom. The summed E-state index contributed by atoms with van der Waals surface area (Å²) in [6.07, 6.45) is 2.02. The fraction of sp³-hybridized carbons (Fsp3) is 0.455. The zero-order valence-corrected chi connectivity index (χ0v) is 11.2. The number of nitrogens with one attached hydrogen (secondary N) is 1. The molecule has 1 aliphatic heterocycles. The first-order valence-electron chi connectivity index (χ1n) is 5.30. The van der Waals surface area contributed by atoms with Crippen molar-refractivity contribution in [1.29, 1.82) is 0 Å². The number of halogens is 1. The minimum absolute atomic E-state index is 0.119. The fourth-order valence-corrected chi connectivity index (χ4v) is 3.72. The van der Waals surface area contributed by atoms with E-state index < -0.39 is 9.84 Å². The van der Waals surface area contributed by atoms with E-state index in [0.717, 1.165) is 23.9 Å². The van der Waals surface area contributed by atoms with E-state index in [1.54, 1.807) is 24.3 Å². The second-order valence-electron chi connectivity index (χ2n) is 4.03. The predicted octanol–water partition coefficient (Wildman–Crippen LogP) is 1.97. The second-order valence-corrected chi connectivity index (χ2v) is 6.98. The van der Waals surface area contributed by atoms with Gasteiger partial charge in [-0.05, 0) is 43.7 Å². The van der Waals surface area contributed by atoms with Gasteiger partial charge in [0.2, 0.25) is 0 Å². The van der Waals surface area contributed by atoms with Crippen LogP contribution in [-0.2, 0) is 9.84 Å². The average molecular weight is 304 g/mol. The molecule has 1 saturated heterocycles. The lowest BCUT2D eigenvalue weighted by Crippen LogP contribution is -2.29. The summed E-state index contributed by atoms with van der Waals surface area (Å²) >= 11 is 3.29. The third-order valence-electron chi connectivity index (χ3n) is 2.76. The van der Waals surface area contributed by atoms with Crippen molar-refractivity contribution in [2.45, 2.75) is 23.8 Å². The van der Waals surface area contributed by atoms with Crippen molar-refractivity contribution < 1.29 is 8.42 Å². The molecule has 0 saturated carbocycles. The summed E-state index contributed by atoms with van der Waals surface area (Å²) in [5.74, 6) is 0.203. The van der Waals surface area contributed by atoms with Crippen LogP contribution in [0.5, 0.6) is 0 Å². The lowest BCUT2D eigenvalue weighted by molar-refractivity contribution is 0.577. The molecule has 0 radical (unpaired) electrons. The molecule has 1 fully saturated rings. The molecular formula is C11H14BrNO2S. The Morgan fingerprint density at radius 1 is 1.31 bits per heavy atom. The molecule has 0 spiro atoms. The highest BCUT2D eigenvalue weighted by atomic mass is 79.9. The van der Waals surface area contributed by atoms with Crippen molar-refractivity contribution in [2.24, 2.45) is 0 Å². The van der Waals surface area contributed by atoms with E-state index in [9.17, 15) is 8.42 Å². The van der Waals surface area contributed by atoms with Gasteiger partial charge in [0.15, 0.2) is 9.84 Å². The minimum Gasteiger partial charge on any atom is -0.313 e. The van der Waals surface area contributed by atoms with E-state index in [0.29, 0.717) is 4.90 Å². The quantitative estimate of drug-likeness (QED) is 0.929. The molecule has 1 N–H and O–H groups in total. The zero-order valence-electron chi connectivity index (χ0n) is 8.82. The molecule has 1 atom stereocenters. The first-order chi connectivity index (χ1) is 7.58. The predicted molar refractivity (Wildman–Crippen MR) is 67.2 cm³/mol. The van der Waals surface area contributed by atoms with Gasteiger partial charge < -0.3 is 5.32 Å². The Balaban J connectivity index is 2.14. The molecule has 0 aliphatic carbocycles. The van der Waals surface area contributed by atoms with E-state index >= 15 is 0 Å². The van der Waals surface area contributed by atoms with Crippen LogP contribution in [0.2, 0.25) is 0 Å². The number of hydrogen-bond acceptors (Lipinski definition) is 3. The highest BCUT2D eigenvalue weighted by molar-refractivity contribution is 9.10. The van der Waals surface area contributed by atoms with Crippen LogP contribution in [0.25, 0.3) is 0 Å². The lowest BCUT2D eigenvalue weighted by atomic mass is 10.3. The fourth-order valence-electron chi connectivity index (χ4n) is 1.90. The molecule has 0 amide bonds. The third kappa shape index (κ3) is 2.84. The third-order valence-corrected chi connectivity index (χ3v) is 5.12. The summed E-state index contributed by atoms with van der Waals surface area (Å²) in [4.78, 5) is 0.407. The standard InChI is InChI=1S/C11H14BrNO2S/c12-9-3-5-11(6-4-9)16(14,15)8-10-2-1-7-13-10/h3-6,10,13H,1-2,7-8H2/t10-/m1/s1. The van der Waals surface area contributed by atoms with Gasteiger partial charge in [-0.2, -0.15) is 0 Å². The first kappa shape index (κ1) is 12.1. The SMILES string of the molecule is O=S(=O)(C[C@H]1CCCN1)c1ccc(Br)cc1. The van der Waals surface area contributed by atoms with Crippen LogP contribution in [0.4, 0.5) is 0 Å². The summed E-state index contributed by atoms with van der Waals surface area (Å²) in [5.41, 5.74) is 0. The topological polar surface area (TPSA) is 46.2 Å². The van der Waals surface area contributed by atoms with Crippen LogP contribution in [-0.4, -0.2) is 26.8 Å². The first-order valence-corrected chi connectivity index (χ1v) is 7.74. The van der Waals surface area contributed by atoms with Crippen molar-refractivity contribution in [1.82, 2.24) is 5.32 Å². The molecule has 1 aromatic rings. The minimum atomic E-state index is -3.14. The van der Waals surface area contributed by atoms with Gasteiger partial charge in [0.1, 0.15) is 0 Å². The van der Waals surface area contributed by atoms with Crippen molar-refractivity contribution in [3.63, 3.8) is 0 Å². The van der Waals surface area contributed by atoms with Gasteiger partial charge in [-0.1, -0.05) is 15.9 Å². The second kappa shape index (κ2) is 4.85. The Hall–Kier alpha value is -0.390.